The van der Waals surface area contributed by atoms with Crippen molar-refractivity contribution < 1.29 is 9.47 Å². The highest BCUT2D eigenvalue weighted by molar-refractivity contribution is 7.98. The first-order chi connectivity index (χ1) is 12.2. The van der Waals surface area contributed by atoms with Crippen molar-refractivity contribution >= 4 is 23.4 Å². The van der Waals surface area contributed by atoms with Gasteiger partial charge < -0.3 is 14.0 Å². The lowest BCUT2D eigenvalue weighted by atomic mass is 10.2. The summed E-state index contributed by atoms with van der Waals surface area (Å²) in [6.07, 6.45) is 0. The average molecular weight is 374 g/mol. The maximum absolute atomic E-state index is 6.25. The maximum Gasteiger partial charge on any atom is 0.231 e. The summed E-state index contributed by atoms with van der Waals surface area (Å²) in [6, 6.07) is 14.2. The van der Waals surface area contributed by atoms with Crippen LogP contribution < -0.4 is 9.47 Å². The first kappa shape index (κ1) is 16.3. The monoisotopic (exact) mass is 373 g/mol. The van der Waals surface area contributed by atoms with Gasteiger partial charge in [0.05, 0.1) is 11.6 Å². The van der Waals surface area contributed by atoms with Gasteiger partial charge in [0.1, 0.15) is 5.82 Å². The lowest BCUT2D eigenvalue weighted by Gasteiger charge is -2.09. The molecule has 2 aromatic carbocycles. The molecule has 0 saturated carbocycles. The van der Waals surface area contributed by atoms with Crippen LogP contribution in [0.2, 0.25) is 5.02 Å². The zero-order chi connectivity index (χ0) is 17.2. The van der Waals surface area contributed by atoms with Crippen LogP contribution in [-0.2, 0) is 12.3 Å². The van der Waals surface area contributed by atoms with Gasteiger partial charge >= 0.3 is 0 Å². The number of hydrogen-bond donors (Lipinski definition) is 0. The van der Waals surface area contributed by atoms with E-state index < -0.39 is 0 Å². The van der Waals surface area contributed by atoms with Crippen LogP contribution in [0.25, 0.3) is 0 Å². The smallest absolute Gasteiger partial charge is 0.231 e. The quantitative estimate of drug-likeness (QED) is 0.624. The van der Waals surface area contributed by atoms with Gasteiger partial charge in [-0.1, -0.05) is 53.7 Å². The molecule has 0 N–H and O–H groups in total. The van der Waals surface area contributed by atoms with E-state index >= 15 is 0 Å². The van der Waals surface area contributed by atoms with Gasteiger partial charge in [-0.2, -0.15) is 0 Å². The van der Waals surface area contributed by atoms with Gasteiger partial charge in [-0.05, 0) is 30.2 Å². The predicted octanol–water partition coefficient (Wildman–Crippen LogP) is 4.31. The molecule has 3 aromatic rings. The summed E-state index contributed by atoms with van der Waals surface area (Å²) in [5.74, 6) is 2.95. The van der Waals surface area contributed by atoms with Gasteiger partial charge in [-0.25, -0.2) is 0 Å². The second-order valence-corrected chi connectivity index (χ2v) is 7.05. The normalized spacial score (nSPS) is 12.6. The number of fused-ring (bicyclic) bond motifs is 1. The van der Waals surface area contributed by atoms with Crippen molar-refractivity contribution in [1.29, 1.82) is 0 Å². The molecule has 0 spiro atoms. The molecule has 0 amide bonds. The molecule has 2 heterocycles. The van der Waals surface area contributed by atoms with Crippen LogP contribution in [0.4, 0.5) is 0 Å². The van der Waals surface area contributed by atoms with Crippen LogP contribution in [0.5, 0.6) is 11.5 Å². The van der Waals surface area contributed by atoms with Crippen molar-refractivity contribution in [2.75, 3.05) is 6.79 Å². The molecule has 1 aliphatic rings. The molecule has 4 rings (SSSR count). The van der Waals surface area contributed by atoms with Crippen molar-refractivity contribution in [3.05, 3.63) is 64.4 Å². The highest BCUT2D eigenvalue weighted by Gasteiger charge is 2.19. The number of hydrogen-bond acceptors (Lipinski definition) is 5. The van der Waals surface area contributed by atoms with Crippen molar-refractivity contribution in [1.82, 2.24) is 14.8 Å². The Bertz CT molecular complexity index is 899. The number of nitrogens with zero attached hydrogens (tertiary/aromatic N) is 3. The van der Waals surface area contributed by atoms with E-state index in [9.17, 15) is 0 Å². The molecule has 1 aromatic heterocycles. The Morgan fingerprint density at radius 1 is 1.12 bits per heavy atom. The summed E-state index contributed by atoms with van der Waals surface area (Å²) in [5.41, 5.74) is 2.28. The van der Waals surface area contributed by atoms with Gasteiger partial charge in [0.2, 0.25) is 6.79 Å². The van der Waals surface area contributed by atoms with Gasteiger partial charge in [0.25, 0.3) is 0 Å². The Hall–Kier alpha value is -2.18. The van der Waals surface area contributed by atoms with E-state index in [1.807, 2.05) is 37.3 Å². The third kappa shape index (κ3) is 3.45. The minimum absolute atomic E-state index is 0.218. The van der Waals surface area contributed by atoms with E-state index in [4.69, 9.17) is 21.1 Å². The Balaban J connectivity index is 1.51. The molecule has 0 saturated heterocycles. The second-order valence-electron chi connectivity index (χ2n) is 5.70. The van der Waals surface area contributed by atoms with Crippen molar-refractivity contribution in [2.45, 2.75) is 24.4 Å². The molecular formula is C18H16ClN3O2S. The summed E-state index contributed by atoms with van der Waals surface area (Å²) in [4.78, 5) is 0. The van der Waals surface area contributed by atoms with E-state index in [1.54, 1.807) is 11.8 Å². The predicted molar refractivity (Wildman–Crippen MR) is 97.4 cm³/mol. The minimum Gasteiger partial charge on any atom is -0.454 e. The third-order valence-corrected chi connectivity index (χ3v) is 5.26. The molecular weight excluding hydrogens is 358 g/mol. The number of aromatic nitrogens is 3. The van der Waals surface area contributed by atoms with Crippen LogP contribution >= 0.6 is 23.4 Å². The van der Waals surface area contributed by atoms with Crippen LogP contribution in [0.3, 0.4) is 0 Å². The zero-order valence-corrected chi connectivity index (χ0v) is 15.2. The van der Waals surface area contributed by atoms with Gasteiger partial charge in [-0.15, -0.1) is 10.2 Å². The van der Waals surface area contributed by atoms with Crippen molar-refractivity contribution in [3.8, 4) is 11.5 Å². The Labute approximate surface area is 154 Å². The molecule has 0 atom stereocenters. The number of benzene rings is 2. The minimum atomic E-state index is 0.218. The fourth-order valence-electron chi connectivity index (χ4n) is 2.67. The van der Waals surface area contributed by atoms with Crippen LogP contribution in [0, 0.1) is 6.92 Å². The van der Waals surface area contributed by atoms with Crippen molar-refractivity contribution in [2.24, 2.45) is 0 Å². The van der Waals surface area contributed by atoms with E-state index in [-0.39, 0.29) is 6.79 Å². The molecule has 0 unspecified atom stereocenters. The molecule has 25 heavy (non-hydrogen) atoms. The molecule has 0 aliphatic carbocycles. The number of halogens is 1. The second kappa shape index (κ2) is 6.98. The number of aryl methyl sites for hydroxylation is 1. The number of thioether (sulfide) groups is 1. The summed E-state index contributed by atoms with van der Waals surface area (Å²) in [6.45, 7) is 2.94. The fourth-order valence-corrected chi connectivity index (χ4v) is 3.87. The first-order valence-corrected chi connectivity index (χ1v) is 9.21. The summed E-state index contributed by atoms with van der Waals surface area (Å²) in [7, 11) is 0. The van der Waals surface area contributed by atoms with Crippen LogP contribution in [-0.4, -0.2) is 21.6 Å². The highest BCUT2D eigenvalue weighted by Crippen LogP contribution is 2.40. The fraction of sp³-hybridized carbons (Fsp3) is 0.222. The Kier molecular flexibility index (Phi) is 4.55. The molecule has 7 heteroatoms. The lowest BCUT2D eigenvalue weighted by molar-refractivity contribution is 0.174. The Morgan fingerprint density at radius 3 is 2.80 bits per heavy atom. The molecule has 128 valence electrons. The number of ether oxygens (including phenoxy) is 2. The number of rotatable bonds is 5. The summed E-state index contributed by atoms with van der Waals surface area (Å²) in [5, 5.41) is 9.99. The van der Waals surface area contributed by atoms with E-state index in [2.05, 4.69) is 26.9 Å². The molecule has 1 aliphatic heterocycles. The van der Waals surface area contributed by atoms with Gasteiger partial charge in [0, 0.05) is 5.75 Å². The Morgan fingerprint density at radius 2 is 1.96 bits per heavy atom. The molecule has 0 radical (unpaired) electrons. The average Bonchev–Trinajstić information content (AvgIpc) is 3.22. The molecule has 0 bridgehead atoms. The molecule has 0 fully saturated rings. The van der Waals surface area contributed by atoms with Crippen LogP contribution in [0.1, 0.15) is 17.0 Å². The molecule has 5 nitrogen and oxygen atoms in total. The summed E-state index contributed by atoms with van der Waals surface area (Å²) >= 11 is 7.88. The van der Waals surface area contributed by atoms with Gasteiger partial charge in [-0.3, -0.25) is 0 Å². The van der Waals surface area contributed by atoms with Gasteiger partial charge in [0.15, 0.2) is 16.7 Å². The van der Waals surface area contributed by atoms with Crippen molar-refractivity contribution in [3.63, 3.8) is 0 Å². The topological polar surface area (TPSA) is 49.2 Å². The standard InChI is InChI=1S/C18H16ClN3O2S/c1-12-20-21-18(22(12)9-13-5-3-2-4-6-13)25-10-14-7-15(19)17-16(8-14)23-11-24-17/h2-8H,9-11H2,1H3. The van der Waals surface area contributed by atoms with Crippen LogP contribution in [0.15, 0.2) is 47.6 Å². The zero-order valence-electron chi connectivity index (χ0n) is 13.6. The highest BCUT2D eigenvalue weighted by atomic mass is 35.5. The maximum atomic E-state index is 6.25. The van der Waals surface area contributed by atoms with E-state index in [0.29, 0.717) is 16.5 Å². The largest absolute Gasteiger partial charge is 0.454 e. The van der Waals surface area contributed by atoms with E-state index in [1.165, 1.54) is 5.56 Å². The lowest BCUT2D eigenvalue weighted by Crippen LogP contribution is -2.03. The summed E-state index contributed by atoms with van der Waals surface area (Å²) < 4.78 is 12.9. The third-order valence-electron chi connectivity index (χ3n) is 3.94. The first-order valence-electron chi connectivity index (χ1n) is 7.85. The van der Waals surface area contributed by atoms with E-state index in [0.717, 1.165) is 28.8 Å². The SMILES string of the molecule is Cc1nnc(SCc2cc(Cl)c3c(c2)OCO3)n1Cc1ccccc1.